The van der Waals surface area contributed by atoms with E-state index in [1.165, 1.54) is 24.8 Å². The van der Waals surface area contributed by atoms with Crippen molar-refractivity contribution in [2.24, 2.45) is 0 Å². The third-order valence-electron chi connectivity index (χ3n) is 4.00. The van der Waals surface area contributed by atoms with Crippen LogP contribution in [0.4, 0.5) is 4.79 Å². The zero-order valence-corrected chi connectivity index (χ0v) is 11.5. The van der Waals surface area contributed by atoms with Crippen molar-refractivity contribution in [3.05, 3.63) is 11.8 Å². The van der Waals surface area contributed by atoms with E-state index in [1.54, 1.807) is 0 Å². The first-order valence-electron chi connectivity index (χ1n) is 7.25. The van der Waals surface area contributed by atoms with Crippen molar-refractivity contribution in [1.82, 2.24) is 15.1 Å². The fraction of sp³-hybridized carbons (Fsp3) is 0.786. The van der Waals surface area contributed by atoms with Crippen LogP contribution in [0, 0.1) is 0 Å². The van der Waals surface area contributed by atoms with Crippen LogP contribution >= 0.6 is 0 Å². The number of rotatable bonds is 2. The molecular weight excluding hydrogens is 226 g/mol. The smallest absolute Gasteiger partial charge is 0.321 e. The molecule has 1 saturated carbocycles. The lowest BCUT2D eigenvalue weighted by molar-refractivity contribution is 0.145. The van der Waals surface area contributed by atoms with Gasteiger partial charge in [-0.15, -0.1) is 0 Å². The second-order valence-electron chi connectivity index (χ2n) is 5.23. The normalized spacial score (nSPS) is 21.8. The summed E-state index contributed by atoms with van der Waals surface area (Å²) in [6.45, 7) is 6.95. The molecule has 2 fully saturated rings. The molecule has 0 aromatic carbocycles. The molecule has 2 rings (SSSR count). The van der Waals surface area contributed by atoms with E-state index in [-0.39, 0.29) is 6.03 Å². The number of amides is 2. The van der Waals surface area contributed by atoms with Gasteiger partial charge in [-0.2, -0.15) is 0 Å². The molecule has 102 valence electrons. The average Bonchev–Trinajstić information content (AvgIpc) is 2.46. The second-order valence-corrected chi connectivity index (χ2v) is 5.23. The minimum absolute atomic E-state index is 0.0730. The predicted octanol–water partition coefficient (Wildman–Crippen LogP) is 2.18. The number of hydrogen-bond acceptors (Lipinski definition) is 2. The summed E-state index contributed by atoms with van der Waals surface area (Å²) < 4.78 is 0. The van der Waals surface area contributed by atoms with Gasteiger partial charge in [0.15, 0.2) is 0 Å². The fourth-order valence-electron chi connectivity index (χ4n) is 2.67. The minimum atomic E-state index is 0.0730. The summed E-state index contributed by atoms with van der Waals surface area (Å²) in [6, 6.07) is 0.0730. The lowest BCUT2D eigenvalue weighted by Crippen LogP contribution is -2.50. The molecular formula is C14H25N3O. The number of carbonyl (C=O) groups excluding carboxylic acids is 1. The third-order valence-corrected chi connectivity index (χ3v) is 4.00. The standard InChI is InChI=1S/C14H25N3O/c1-2-16-8-10-17(11-9-16)14(18)15-12-13-6-4-3-5-7-13/h12H,2-11H2,1H3,(H,15,18). The lowest BCUT2D eigenvalue weighted by atomic mass is 9.96. The van der Waals surface area contributed by atoms with Gasteiger partial charge in [0, 0.05) is 32.4 Å². The molecule has 0 bridgehead atoms. The summed E-state index contributed by atoms with van der Waals surface area (Å²) in [4.78, 5) is 16.3. The Hall–Kier alpha value is -1.03. The van der Waals surface area contributed by atoms with Crippen LogP contribution in [0.15, 0.2) is 11.8 Å². The molecule has 1 N–H and O–H groups in total. The largest absolute Gasteiger partial charge is 0.322 e. The zero-order valence-electron chi connectivity index (χ0n) is 11.5. The highest BCUT2D eigenvalue weighted by Gasteiger charge is 2.19. The van der Waals surface area contributed by atoms with E-state index in [0.717, 1.165) is 45.6 Å². The zero-order chi connectivity index (χ0) is 12.8. The Balaban J connectivity index is 1.74. The van der Waals surface area contributed by atoms with E-state index in [0.29, 0.717) is 0 Å². The number of piperazine rings is 1. The quantitative estimate of drug-likeness (QED) is 0.816. The van der Waals surface area contributed by atoms with Crippen molar-refractivity contribution in [2.45, 2.75) is 39.0 Å². The van der Waals surface area contributed by atoms with Crippen LogP contribution in [-0.4, -0.2) is 48.6 Å². The Morgan fingerprint density at radius 3 is 2.44 bits per heavy atom. The van der Waals surface area contributed by atoms with Crippen LogP contribution in [0.2, 0.25) is 0 Å². The molecule has 1 aliphatic heterocycles. The van der Waals surface area contributed by atoms with Crippen LogP contribution in [-0.2, 0) is 0 Å². The Morgan fingerprint density at radius 2 is 1.83 bits per heavy atom. The summed E-state index contributed by atoms with van der Waals surface area (Å²) in [5.41, 5.74) is 1.40. The monoisotopic (exact) mass is 251 g/mol. The van der Waals surface area contributed by atoms with Crippen molar-refractivity contribution < 1.29 is 4.79 Å². The van der Waals surface area contributed by atoms with E-state index >= 15 is 0 Å². The summed E-state index contributed by atoms with van der Waals surface area (Å²) in [5, 5.41) is 2.96. The maximum Gasteiger partial charge on any atom is 0.321 e. The third kappa shape index (κ3) is 3.73. The molecule has 0 aromatic rings. The van der Waals surface area contributed by atoms with Crippen LogP contribution in [0.1, 0.15) is 39.0 Å². The van der Waals surface area contributed by atoms with Crippen molar-refractivity contribution >= 4 is 6.03 Å². The highest BCUT2D eigenvalue weighted by Crippen LogP contribution is 2.21. The number of nitrogens with zero attached hydrogens (tertiary/aromatic N) is 2. The van der Waals surface area contributed by atoms with Gasteiger partial charge in [-0.3, -0.25) is 0 Å². The van der Waals surface area contributed by atoms with Crippen molar-refractivity contribution in [3.63, 3.8) is 0 Å². The summed E-state index contributed by atoms with van der Waals surface area (Å²) in [6.07, 6.45) is 8.15. The number of hydrogen-bond donors (Lipinski definition) is 1. The molecule has 4 heteroatoms. The van der Waals surface area contributed by atoms with Gasteiger partial charge in [-0.25, -0.2) is 4.79 Å². The number of nitrogens with one attached hydrogen (secondary N) is 1. The fourth-order valence-corrected chi connectivity index (χ4v) is 2.67. The van der Waals surface area contributed by atoms with Gasteiger partial charge in [0.2, 0.25) is 0 Å². The average molecular weight is 251 g/mol. The Morgan fingerprint density at radius 1 is 1.17 bits per heavy atom. The predicted molar refractivity (Wildman–Crippen MR) is 73.4 cm³/mol. The molecule has 1 aliphatic carbocycles. The Labute approximate surface area is 110 Å². The minimum Gasteiger partial charge on any atom is -0.322 e. The molecule has 0 aromatic heterocycles. The van der Waals surface area contributed by atoms with Gasteiger partial charge in [-0.1, -0.05) is 18.9 Å². The van der Waals surface area contributed by atoms with Crippen LogP contribution in [0.5, 0.6) is 0 Å². The number of urea groups is 1. The Bertz CT molecular complexity index is 298. The SMILES string of the molecule is CCN1CCN(C(=O)NC=C2CCCCC2)CC1. The lowest BCUT2D eigenvalue weighted by Gasteiger charge is -2.33. The molecule has 1 saturated heterocycles. The first kappa shape index (κ1) is 13.4. The summed E-state index contributed by atoms with van der Waals surface area (Å²) >= 11 is 0. The molecule has 0 atom stereocenters. The topological polar surface area (TPSA) is 35.6 Å². The van der Waals surface area contributed by atoms with Crippen molar-refractivity contribution in [3.8, 4) is 0 Å². The summed E-state index contributed by atoms with van der Waals surface area (Å²) in [7, 11) is 0. The molecule has 0 unspecified atom stereocenters. The molecule has 2 amide bonds. The molecule has 0 spiro atoms. The number of allylic oxidation sites excluding steroid dienone is 1. The van der Waals surface area contributed by atoms with Crippen LogP contribution in [0.25, 0.3) is 0 Å². The summed E-state index contributed by atoms with van der Waals surface area (Å²) in [5.74, 6) is 0. The van der Waals surface area contributed by atoms with Gasteiger partial charge in [-0.05, 0) is 32.2 Å². The van der Waals surface area contributed by atoms with E-state index in [4.69, 9.17) is 0 Å². The van der Waals surface area contributed by atoms with Crippen LogP contribution in [0.3, 0.4) is 0 Å². The second kappa shape index (κ2) is 6.78. The van der Waals surface area contributed by atoms with Gasteiger partial charge in [0.1, 0.15) is 0 Å². The number of likely N-dealkylation sites (N-methyl/N-ethyl adjacent to an activating group) is 1. The van der Waals surface area contributed by atoms with E-state index in [1.807, 2.05) is 11.1 Å². The van der Waals surface area contributed by atoms with Crippen LogP contribution < -0.4 is 5.32 Å². The van der Waals surface area contributed by atoms with Crippen molar-refractivity contribution in [2.75, 3.05) is 32.7 Å². The Kier molecular flexibility index (Phi) is 5.05. The molecule has 2 aliphatic rings. The van der Waals surface area contributed by atoms with Crippen molar-refractivity contribution in [1.29, 1.82) is 0 Å². The van der Waals surface area contributed by atoms with E-state index < -0.39 is 0 Å². The highest BCUT2D eigenvalue weighted by atomic mass is 16.2. The van der Waals surface area contributed by atoms with E-state index in [2.05, 4.69) is 17.1 Å². The van der Waals surface area contributed by atoms with Gasteiger partial charge in [0.25, 0.3) is 0 Å². The highest BCUT2D eigenvalue weighted by molar-refractivity contribution is 5.75. The van der Waals surface area contributed by atoms with Gasteiger partial charge < -0.3 is 15.1 Å². The first-order chi connectivity index (χ1) is 8.79. The van der Waals surface area contributed by atoms with Gasteiger partial charge in [0.05, 0.1) is 0 Å². The molecule has 1 heterocycles. The maximum atomic E-state index is 12.0. The molecule has 4 nitrogen and oxygen atoms in total. The first-order valence-corrected chi connectivity index (χ1v) is 7.25. The molecule has 0 radical (unpaired) electrons. The van der Waals surface area contributed by atoms with E-state index in [9.17, 15) is 4.79 Å². The molecule has 18 heavy (non-hydrogen) atoms. The maximum absolute atomic E-state index is 12.0. The number of carbonyl (C=O) groups is 1. The van der Waals surface area contributed by atoms with Gasteiger partial charge >= 0.3 is 6.03 Å².